The van der Waals surface area contributed by atoms with Crippen LogP contribution in [0.15, 0.2) is 24.3 Å². The van der Waals surface area contributed by atoms with E-state index in [9.17, 15) is 9.18 Å². The Morgan fingerprint density at radius 1 is 1.25 bits per heavy atom. The SMILES string of the molecule is CN1CCC(NC(=O)N[C@H](c2ccc(F)cc2)[C@H]2CCCO2)CC1. The Balaban J connectivity index is 1.62. The number of piperidine rings is 1. The fourth-order valence-electron chi connectivity index (χ4n) is 3.45. The van der Waals surface area contributed by atoms with E-state index in [0.717, 1.165) is 44.3 Å². The summed E-state index contributed by atoms with van der Waals surface area (Å²) in [5, 5.41) is 6.11. The number of nitrogens with one attached hydrogen (secondary N) is 2. The van der Waals surface area contributed by atoms with Crippen LogP contribution >= 0.6 is 0 Å². The quantitative estimate of drug-likeness (QED) is 0.889. The van der Waals surface area contributed by atoms with Crippen LogP contribution in [0.5, 0.6) is 0 Å². The molecule has 132 valence electrons. The Morgan fingerprint density at radius 2 is 1.96 bits per heavy atom. The van der Waals surface area contributed by atoms with E-state index in [1.54, 1.807) is 12.1 Å². The molecule has 1 aromatic rings. The molecule has 2 heterocycles. The lowest BCUT2D eigenvalue weighted by atomic mass is 9.99. The fourth-order valence-corrected chi connectivity index (χ4v) is 3.45. The number of likely N-dealkylation sites (tertiary alicyclic amines) is 1. The molecule has 3 rings (SSSR count). The maximum atomic E-state index is 13.2. The van der Waals surface area contributed by atoms with Gasteiger partial charge in [0.1, 0.15) is 5.82 Å². The van der Waals surface area contributed by atoms with Crippen molar-refractivity contribution in [2.24, 2.45) is 0 Å². The monoisotopic (exact) mass is 335 g/mol. The van der Waals surface area contributed by atoms with Crippen LogP contribution in [0.3, 0.4) is 0 Å². The van der Waals surface area contributed by atoms with Gasteiger partial charge in [0.2, 0.25) is 0 Å². The van der Waals surface area contributed by atoms with Gasteiger partial charge in [-0.1, -0.05) is 12.1 Å². The van der Waals surface area contributed by atoms with E-state index >= 15 is 0 Å². The van der Waals surface area contributed by atoms with Crippen LogP contribution in [0.2, 0.25) is 0 Å². The second-order valence-corrected chi connectivity index (χ2v) is 6.78. The first-order valence-corrected chi connectivity index (χ1v) is 8.74. The van der Waals surface area contributed by atoms with Crippen molar-refractivity contribution in [2.45, 2.75) is 43.9 Å². The second kappa shape index (κ2) is 7.94. The summed E-state index contributed by atoms with van der Waals surface area (Å²) in [6.45, 7) is 2.71. The lowest BCUT2D eigenvalue weighted by Gasteiger charge is -2.31. The lowest BCUT2D eigenvalue weighted by molar-refractivity contribution is 0.0803. The summed E-state index contributed by atoms with van der Waals surface area (Å²) < 4.78 is 19.0. The lowest BCUT2D eigenvalue weighted by Crippen LogP contribution is -2.49. The van der Waals surface area contributed by atoms with Gasteiger partial charge in [-0.25, -0.2) is 9.18 Å². The van der Waals surface area contributed by atoms with Gasteiger partial charge in [-0.2, -0.15) is 0 Å². The molecule has 5 nitrogen and oxygen atoms in total. The predicted octanol–water partition coefficient (Wildman–Crippen LogP) is 2.44. The van der Waals surface area contributed by atoms with Crippen molar-refractivity contribution in [3.8, 4) is 0 Å². The minimum atomic E-state index is -0.277. The van der Waals surface area contributed by atoms with Crippen molar-refractivity contribution in [1.29, 1.82) is 0 Å². The number of amides is 2. The molecule has 2 amide bonds. The number of ether oxygens (including phenoxy) is 1. The first-order valence-electron chi connectivity index (χ1n) is 8.74. The van der Waals surface area contributed by atoms with Gasteiger partial charge in [-0.3, -0.25) is 0 Å². The van der Waals surface area contributed by atoms with E-state index in [1.807, 2.05) is 0 Å². The summed E-state index contributed by atoms with van der Waals surface area (Å²) >= 11 is 0. The van der Waals surface area contributed by atoms with Crippen molar-refractivity contribution in [1.82, 2.24) is 15.5 Å². The van der Waals surface area contributed by atoms with E-state index in [0.29, 0.717) is 6.61 Å². The van der Waals surface area contributed by atoms with Gasteiger partial charge in [0.05, 0.1) is 12.1 Å². The number of carbonyl (C=O) groups is 1. The molecule has 2 N–H and O–H groups in total. The minimum Gasteiger partial charge on any atom is -0.376 e. The standard InChI is InChI=1S/C18H26FN3O2/c1-22-10-8-15(9-11-22)20-18(23)21-17(16-3-2-12-24-16)13-4-6-14(19)7-5-13/h4-7,15-17H,2-3,8-12H2,1H3,(H2,20,21,23)/t16-,17-/m1/s1. The zero-order valence-electron chi connectivity index (χ0n) is 14.1. The summed E-state index contributed by atoms with van der Waals surface area (Å²) in [5.74, 6) is -0.277. The van der Waals surface area contributed by atoms with Gasteiger partial charge in [-0.05, 0) is 63.5 Å². The smallest absolute Gasteiger partial charge is 0.315 e. The maximum Gasteiger partial charge on any atom is 0.315 e. The van der Waals surface area contributed by atoms with Crippen LogP contribution in [-0.4, -0.2) is 49.8 Å². The van der Waals surface area contributed by atoms with Gasteiger partial charge >= 0.3 is 6.03 Å². The van der Waals surface area contributed by atoms with Crippen LogP contribution < -0.4 is 10.6 Å². The first kappa shape index (κ1) is 17.2. The molecule has 2 atom stereocenters. The molecule has 0 aromatic heterocycles. The Bertz CT molecular complexity index is 538. The second-order valence-electron chi connectivity index (χ2n) is 6.78. The summed E-state index contributed by atoms with van der Waals surface area (Å²) in [4.78, 5) is 14.7. The number of hydrogen-bond donors (Lipinski definition) is 2. The van der Waals surface area contributed by atoms with Crippen LogP contribution in [0.4, 0.5) is 9.18 Å². The van der Waals surface area contributed by atoms with Crippen molar-refractivity contribution in [2.75, 3.05) is 26.7 Å². The van der Waals surface area contributed by atoms with E-state index in [1.165, 1.54) is 12.1 Å². The molecule has 0 radical (unpaired) electrons. The number of urea groups is 1. The highest BCUT2D eigenvalue weighted by Crippen LogP contribution is 2.27. The highest BCUT2D eigenvalue weighted by atomic mass is 19.1. The number of rotatable bonds is 4. The normalized spacial score (nSPS) is 23.8. The summed E-state index contributed by atoms with van der Waals surface area (Å²) in [6, 6.07) is 6.07. The predicted molar refractivity (Wildman–Crippen MR) is 90.3 cm³/mol. The molecule has 24 heavy (non-hydrogen) atoms. The van der Waals surface area contributed by atoms with Crippen molar-refractivity contribution < 1.29 is 13.9 Å². The molecule has 0 bridgehead atoms. The van der Waals surface area contributed by atoms with Crippen LogP contribution in [-0.2, 0) is 4.74 Å². The Labute approximate surface area is 142 Å². The Kier molecular flexibility index (Phi) is 5.68. The Hall–Kier alpha value is -1.66. The van der Waals surface area contributed by atoms with Crippen molar-refractivity contribution in [3.63, 3.8) is 0 Å². The highest BCUT2D eigenvalue weighted by Gasteiger charge is 2.29. The zero-order chi connectivity index (χ0) is 16.9. The number of halogens is 1. The highest BCUT2D eigenvalue weighted by molar-refractivity contribution is 5.75. The van der Waals surface area contributed by atoms with Crippen LogP contribution in [0, 0.1) is 5.82 Å². The average Bonchev–Trinajstić information content (AvgIpc) is 3.10. The summed E-state index contributed by atoms with van der Waals surface area (Å²) in [7, 11) is 2.10. The van der Waals surface area contributed by atoms with E-state index < -0.39 is 0 Å². The number of carbonyl (C=O) groups excluding carboxylic acids is 1. The third kappa shape index (κ3) is 4.45. The molecule has 0 aliphatic carbocycles. The summed E-state index contributed by atoms with van der Waals surface area (Å²) in [5.41, 5.74) is 0.877. The third-order valence-electron chi connectivity index (χ3n) is 4.91. The molecule has 6 heteroatoms. The van der Waals surface area contributed by atoms with Crippen molar-refractivity contribution in [3.05, 3.63) is 35.6 Å². The fraction of sp³-hybridized carbons (Fsp3) is 0.611. The topological polar surface area (TPSA) is 53.6 Å². The first-order chi connectivity index (χ1) is 11.6. The number of nitrogens with zero attached hydrogens (tertiary/aromatic N) is 1. The Morgan fingerprint density at radius 3 is 2.58 bits per heavy atom. The molecule has 2 aliphatic rings. The van der Waals surface area contributed by atoms with Gasteiger partial charge in [0.15, 0.2) is 0 Å². The molecule has 2 fully saturated rings. The molecule has 0 saturated carbocycles. The number of benzene rings is 1. The maximum absolute atomic E-state index is 13.2. The summed E-state index contributed by atoms with van der Waals surface area (Å²) in [6.07, 6.45) is 3.76. The van der Waals surface area contributed by atoms with E-state index in [-0.39, 0.29) is 30.0 Å². The van der Waals surface area contributed by atoms with E-state index in [4.69, 9.17) is 4.74 Å². The van der Waals surface area contributed by atoms with Gasteiger partial charge < -0.3 is 20.3 Å². The van der Waals surface area contributed by atoms with Crippen molar-refractivity contribution >= 4 is 6.03 Å². The molecule has 2 saturated heterocycles. The minimum absolute atomic E-state index is 0.0568. The molecule has 0 unspecified atom stereocenters. The third-order valence-corrected chi connectivity index (χ3v) is 4.91. The van der Waals surface area contributed by atoms with Crippen LogP contribution in [0.1, 0.15) is 37.3 Å². The molecule has 0 spiro atoms. The van der Waals surface area contributed by atoms with Gasteiger partial charge in [0.25, 0.3) is 0 Å². The van der Waals surface area contributed by atoms with Gasteiger partial charge in [-0.15, -0.1) is 0 Å². The molecule has 1 aromatic carbocycles. The molecule has 2 aliphatic heterocycles. The van der Waals surface area contributed by atoms with Crippen LogP contribution in [0.25, 0.3) is 0 Å². The van der Waals surface area contributed by atoms with Gasteiger partial charge in [0, 0.05) is 12.6 Å². The zero-order valence-corrected chi connectivity index (χ0v) is 14.1. The van der Waals surface area contributed by atoms with E-state index in [2.05, 4.69) is 22.6 Å². The molecular formula is C18H26FN3O2. The largest absolute Gasteiger partial charge is 0.376 e. The average molecular weight is 335 g/mol. The number of hydrogen-bond acceptors (Lipinski definition) is 3. The molecular weight excluding hydrogens is 309 g/mol.